The lowest BCUT2D eigenvalue weighted by Crippen LogP contribution is -2.41. The Morgan fingerprint density at radius 2 is 1.75 bits per heavy atom. The Labute approximate surface area is 143 Å². The maximum Gasteiger partial charge on any atom is 0.307 e. The Morgan fingerprint density at radius 1 is 1.04 bits per heavy atom. The summed E-state index contributed by atoms with van der Waals surface area (Å²) in [7, 11) is 0. The van der Waals surface area contributed by atoms with Crippen LogP contribution >= 0.6 is 0 Å². The van der Waals surface area contributed by atoms with Crippen molar-refractivity contribution in [2.45, 2.75) is 32.2 Å². The third kappa shape index (κ3) is 4.04. The second-order valence-electron chi connectivity index (χ2n) is 6.74. The van der Waals surface area contributed by atoms with E-state index in [9.17, 15) is 9.90 Å². The number of piperidine rings is 1. The number of benzene rings is 2. The molecule has 2 aromatic carbocycles. The van der Waals surface area contributed by atoms with Crippen LogP contribution in [0.3, 0.4) is 0 Å². The van der Waals surface area contributed by atoms with Crippen LogP contribution in [0.1, 0.15) is 36.0 Å². The molecule has 1 aliphatic rings. The Morgan fingerprint density at radius 3 is 2.38 bits per heavy atom. The molecule has 3 rings (SSSR count). The highest BCUT2D eigenvalue weighted by molar-refractivity contribution is 5.70. The topological polar surface area (TPSA) is 40.5 Å². The number of carboxylic acid groups (broad SMARTS) is 1. The maximum absolute atomic E-state index is 11.6. The number of hydrogen-bond donors (Lipinski definition) is 1. The molecule has 0 spiro atoms. The van der Waals surface area contributed by atoms with Crippen molar-refractivity contribution in [1.29, 1.82) is 0 Å². The summed E-state index contributed by atoms with van der Waals surface area (Å²) in [4.78, 5) is 13.9. The highest BCUT2D eigenvalue weighted by Crippen LogP contribution is 2.31. The van der Waals surface area contributed by atoms with Crippen LogP contribution in [0, 0.1) is 5.92 Å². The first-order valence-corrected chi connectivity index (χ1v) is 8.73. The molecule has 0 aromatic heterocycles. The van der Waals surface area contributed by atoms with E-state index in [4.69, 9.17) is 0 Å². The second kappa shape index (κ2) is 7.63. The third-order valence-electron chi connectivity index (χ3n) is 4.98. The summed E-state index contributed by atoms with van der Waals surface area (Å²) in [5.74, 6) is -0.685. The summed E-state index contributed by atoms with van der Waals surface area (Å²) < 4.78 is 0. The Balaban J connectivity index is 1.76. The molecule has 1 fully saturated rings. The molecule has 1 N–H and O–H groups in total. The molecule has 0 bridgehead atoms. The van der Waals surface area contributed by atoms with E-state index in [1.54, 1.807) is 0 Å². The first kappa shape index (κ1) is 16.7. The molecule has 126 valence electrons. The van der Waals surface area contributed by atoms with Gasteiger partial charge in [-0.2, -0.15) is 0 Å². The van der Waals surface area contributed by atoms with Crippen LogP contribution in [-0.4, -0.2) is 29.1 Å². The number of nitrogens with zero attached hydrogens (tertiary/aromatic N) is 1. The number of rotatable bonds is 5. The molecule has 2 atom stereocenters. The molecule has 3 heteroatoms. The van der Waals surface area contributed by atoms with Crippen molar-refractivity contribution in [3.8, 4) is 0 Å². The molecule has 0 radical (unpaired) electrons. The normalized spacial score (nSPS) is 21.5. The molecule has 2 aromatic rings. The van der Waals surface area contributed by atoms with Crippen molar-refractivity contribution in [2.75, 3.05) is 13.1 Å². The quantitative estimate of drug-likeness (QED) is 0.906. The molecular formula is C21H25NO2. The number of carboxylic acids is 1. The van der Waals surface area contributed by atoms with E-state index in [-0.39, 0.29) is 11.8 Å². The lowest BCUT2D eigenvalue weighted by Gasteiger charge is -2.36. The van der Waals surface area contributed by atoms with E-state index in [2.05, 4.69) is 48.2 Å². The smallest absolute Gasteiger partial charge is 0.307 e. The van der Waals surface area contributed by atoms with Crippen LogP contribution in [0.4, 0.5) is 0 Å². The molecule has 24 heavy (non-hydrogen) atoms. The molecule has 1 heterocycles. The zero-order chi connectivity index (χ0) is 16.9. The van der Waals surface area contributed by atoms with Gasteiger partial charge in [-0.05, 0) is 35.4 Å². The zero-order valence-electron chi connectivity index (χ0n) is 14.2. The van der Waals surface area contributed by atoms with Gasteiger partial charge in [0, 0.05) is 19.6 Å². The first-order chi connectivity index (χ1) is 11.7. The van der Waals surface area contributed by atoms with Crippen molar-refractivity contribution >= 4 is 5.97 Å². The average molecular weight is 323 g/mol. The number of carbonyl (C=O) groups is 1. The molecular weight excluding hydrogens is 298 g/mol. The fourth-order valence-electron chi connectivity index (χ4n) is 3.61. The number of aliphatic carboxylic acids is 1. The van der Waals surface area contributed by atoms with Gasteiger partial charge in [-0.25, -0.2) is 0 Å². The van der Waals surface area contributed by atoms with Crippen LogP contribution in [0.15, 0.2) is 54.6 Å². The SMILES string of the molecule is CCc1ccc(C2CC(C(=O)O)CN(Cc3ccccc3)C2)cc1. The number of likely N-dealkylation sites (tertiary alicyclic amines) is 1. The zero-order valence-corrected chi connectivity index (χ0v) is 14.2. The minimum Gasteiger partial charge on any atom is -0.481 e. The van der Waals surface area contributed by atoms with Crippen molar-refractivity contribution in [3.63, 3.8) is 0 Å². The van der Waals surface area contributed by atoms with E-state index in [1.165, 1.54) is 16.7 Å². The van der Waals surface area contributed by atoms with Crippen LogP contribution in [0.25, 0.3) is 0 Å². The first-order valence-electron chi connectivity index (χ1n) is 8.73. The van der Waals surface area contributed by atoms with Gasteiger partial charge in [0.25, 0.3) is 0 Å². The Kier molecular flexibility index (Phi) is 5.31. The molecule has 0 aliphatic carbocycles. The van der Waals surface area contributed by atoms with Gasteiger partial charge in [0.15, 0.2) is 0 Å². The highest BCUT2D eigenvalue weighted by Gasteiger charge is 2.32. The lowest BCUT2D eigenvalue weighted by atomic mass is 9.84. The number of hydrogen-bond acceptors (Lipinski definition) is 2. The Hall–Kier alpha value is -2.13. The number of aryl methyl sites for hydroxylation is 1. The fraction of sp³-hybridized carbons (Fsp3) is 0.381. The predicted molar refractivity (Wildman–Crippen MR) is 96.0 cm³/mol. The van der Waals surface area contributed by atoms with E-state index in [0.29, 0.717) is 6.54 Å². The Bertz CT molecular complexity index is 666. The second-order valence-corrected chi connectivity index (χ2v) is 6.74. The lowest BCUT2D eigenvalue weighted by molar-refractivity contribution is -0.144. The summed E-state index contributed by atoms with van der Waals surface area (Å²) in [5.41, 5.74) is 3.82. The van der Waals surface area contributed by atoms with E-state index < -0.39 is 5.97 Å². The van der Waals surface area contributed by atoms with E-state index in [0.717, 1.165) is 25.9 Å². The van der Waals surface area contributed by atoms with Crippen LogP contribution in [-0.2, 0) is 17.8 Å². The van der Waals surface area contributed by atoms with Gasteiger partial charge in [-0.1, -0.05) is 61.5 Å². The van der Waals surface area contributed by atoms with Crippen molar-refractivity contribution in [2.24, 2.45) is 5.92 Å². The van der Waals surface area contributed by atoms with Crippen molar-refractivity contribution < 1.29 is 9.90 Å². The van der Waals surface area contributed by atoms with Gasteiger partial charge in [-0.15, -0.1) is 0 Å². The standard InChI is InChI=1S/C21H25NO2/c1-2-16-8-10-18(11-9-16)19-12-20(21(23)24)15-22(14-19)13-17-6-4-3-5-7-17/h3-11,19-20H,2,12-15H2,1H3,(H,23,24). The monoisotopic (exact) mass is 323 g/mol. The third-order valence-corrected chi connectivity index (χ3v) is 4.98. The largest absolute Gasteiger partial charge is 0.481 e. The van der Waals surface area contributed by atoms with Gasteiger partial charge in [-0.3, -0.25) is 9.69 Å². The van der Waals surface area contributed by atoms with Gasteiger partial charge in [0.05, 0.1) is 5.92 Å². The maximum atomic E-state index is 11.6. The molecule has 1 aliphatic heterocycles. The van der Waals surface area contributed by atoms with E-state index >= 15 is 0 Å². The van der Waals surface area contributed by atoms with E-state index in [1.807, 2.05) is 18.2 Å². The van der Waals surface area contributed by atoms with Gasteiger partial charge in [0.2, 0.25) is 0 Å². The van der Waals surface area contributed by atoms with Gasteiger partial charge >= 0.3 is 5.97 Å². The molecule has 1 saturated heterocycles. The van der Waals surface area contributed by atoms with Crippen LogP contribution in [0.2, 0.25) is 0 Å². The van der Waals surface area contributed by atoms with Crippen molar-refractivity contribution in [1.82, 2.24) is 4.90 Å². The fourth-order valence-corrected chi connectivity index (χ4v) is 3.61. The summed E-state index contributed by atoms with van der Waals surface area (Å²) >= 11 is 0. The minimum absolute atomic E-state index is 0.287. The molecule has 3 nitrogen and oxygen atoms in total. The summed E-state index contributed by atoms with van der Waals surface area (Å²) in [6, 6.07) is 19.0. The summed E-state index contributed by atoms with van der Waals surface area (Å²) in [5, 5.41) is 9.54. The van der Waals surface area contributed by atoms with Crippen LogP contribution in [0.5, 0.6) is 0 Å². The van der Waals surface area contributed by atoms with Gasteiger partial charge < -0.3 is 5.11 Å². The molecule has 0 saturated carbocycles. The highest BCUT2D eigenvalue weighted by atomic mass is 16.4. The summed E-state index contributed by atoms with van der Waals surface area (Å²) in [6.07, 6.45) is 1.76. The molecule has 2 unspecified atom stereocenters. The van der Waals surface area contributed by atoms with Crippen molar-refractivity contribution in [3.05, 3.63) is 71.3 Å². The predicted octanol–water partition coefficient (Wildman–Crippen LogP) is 3.94. The van der Waals surface area contributed by atoms with Gasteiger partial charge in [0.1, 0.15) is 0 Å². The molecule has 0 amide bonds. The summed E-state index contributed by atoms with van der Waals surface area (Å²) in [6.45, 7) is 4.52. The van der Waals surface area contributed by atoms with Crippen LogP contribution < -0.4 is 0 Å². The minimum atomic E-state index is -0.678. The average Bonchev–Trinajstić information content (AvgIpc) is 2.62.